The average molecular weight is 928 g/mol. The van der Waals surface area contributed by atoms with Crippen LogP contribution in [-0.2, 0) is 10.8 Å². The average Bonchev–Trinajstić information content (AvgIpc) is 4.27. The maximum atomic E-state index is 2.63. The molecule has 12 aromatic rings. The van der Waals surface area contributed by atoms with E-state index in [2.05, 4.69) is 254 Å². The van der Waals surface area contributed by atoms with E-state index in [1.54, 1.807) is 0 Å². The van der Waals surface area contributed by atoms with Gasteiger partial charge in [-0.3, -0.25) is 0 Å². The third-order valence-corrected chi connectivity index (χ3v) is 17.6. The van der Waals surface area contributed by atoms with Crippen molar-refractivity contribution in [3.63, 3.8) is 0 Å². The third-order valence-electron chi connectivity index (χ3n) is 17.6. The quantitative estimate of drug-likeness (QED) is 0.156. The molecule has 1 heteroatoms. The highest BCUT2D eigenvalue weighted by Crippen LogP contribution is 2.65. The van der Waals surface area contributed by atoms with Crippen molar-refractivity contribution < 1.29 is 0 Å². The lowest BCUT2D eigenvalue weighted by molar-refractivity contribution is 0.550. The molecule has 1 saturated carbocycles. The fourth-order valence-corrected chi connectivity index (χ4v) is 14.7. The number of rotatable bonds is 5. The van der Waals surface area contributed by atoms with Gasteiger partial charge in [-0.05, 0) is 159 Å². The Balaban J connectivity index is 1.05. The molecule has 0 aliphatic heterocycles. The van der Waals surface area contributed by atoms with Crippen molar-refractivity contribution in [3.8, 4) is 55.6 Å². The van der Waals surface area contributed by atoms with Gasteiger partial charge in [-0.2, -0.15) is 0 Å². The molecule has 4 aliphatic rings. The Kier molecular flexibility index (Phi) is 8.61. The van der Waals surface area contributed by atoms with Crippen LogP contribution in [0.3, 0.4) is 0 Å². The molecule has 2 spiro atoms. The first kappa shape index (κ1) is 40.9. The fourth-order valence-electron chi connectivity index (χ4n) is 14.7. The van der Waals surface area contributed by atoms with Gasteiger partial charge >= 0.3 is 0 Å². The molecular weight excluding hydrogens is 879 g/mol. The summed E-state index contributed by atoms with van der Waals surface area (Å²) in [6, 6.07) is 94.9. The van der Waals surface area contributed by atoms with Crippen molar-refractivity contribution >= 4 is 49.4 Å². The van der Waals surface area contributed by atoms with Crippen LogP contribution in [0, 0.1) is 0 Å². The first-order valence-electron chi connectivity index (χ1n) is 26.2. The summed E-state index contributed by atoms with van der Waals surface area (Å²) in [5.41, 5.74) is 24.2. The van der Waals surface area contributed by atoms with Gasteiger partial charge in [-0.15, -0.1) is 0 Å². The summed E-state index contributed by atoms with van der Waals surface area (Å²) in [7, 11) is 0. The predicted molar refractivity (Wildman–Crippen MR) is 305 cm³/mol. The second kappa shape index (κ2) is 15.4. The molecule has 342 valence electrons. The summed E-state index contributed by atoms with van der Waals surface area (Å²) < 4.78 is 0. The predicted octanol–water partition coefficient (Wildman–Crippen LogP) is 19.1. The normalized spacial score (nSPS) is 14.8. The first-order valence-corrected chi connectivity index (χ1v) is 26.2. The van der Waals surface area contributed by atoms with E-state index in [9.17, 15) is 0 Å². The molecule has 0 aromatic heterocycles. The standard InChI is InChI=1S/C72H49N/c1-2-20-46(21-3-1)49-22-12-17-35-69(49)73(48-37-39-54-52-25-5-4-23-50(52)51-24-6-7-26-53(51)61(54)43-48)70-45-68-62(44-60(70)47-36-38-59-55-27-8-13-31-63(55)71(67(59)42-47)40-18-19-41-71)58-30-11-16-34-66(58)72(68)64-32-14-9-28-56(64)57-29-10-15-33-65(57)72/h1-17,20-39,42-45H,18-19,40-41H2. The Morgan fingerprint density at radius 2 is 0.740 bits per heavy atom. The van der Waals surface area contributed by atoms with E-state index in [0.717, 1.165) is 17.1 Å². The summed E-state index contributed by atoms with van der Waals surface area (Å²) >= 11 is 0. The number of para-hydroxylation sites is 1. The zero-order valence-corrected chi connectivity index (χ0v) is 40.4. The van der Waals surface area contributed by atoms with Gasteiger partial charge < -0.3 is 4.90 Å². The molecule has 0 radical (unpaired) electrons. The van der Waals surface area contributed by atoms with E-state index in [0.29, 0.717) is 0 Å². The number of hydrogen-bond acceptors (Lipinski definition) is 1. The maximum absolute atomic E-state index is 2.63. The number of anilines is 3. The molecule has 0 saturated heterocycles. The van der Waals surface area contributed by atoms with Gasteiger partial charge in [0.05, 0.1) is 16.8 Å². The van der Waals surface area contributed by atoms with Crippen LogP contribution in [0.4, 0.5) is 17.1 Å². The lowest BCUT2D eigenvalue weighted by Gasteiger charge is -2.34. The second-order valence-electron chi connectivity index (χ2n) is 20.9. The second-order valence-corrected chi connectivity index (χ2v) is 20.9. The first-order chi connectivity index (χ1) is 36.2. The largest absolute Gasteiger partial charge is 0.309 e. The Bertz CT molecular complexity index is 4200. The van der Waals surface area contributed by atoms with Crippen molar-refractivity contribution in [3.05, 3.63) is 282 Å². The van der Waals surface area contributed by atoms with Crippen LogP contribution in [0.2, 0.25) is 0 Å². The zero-order chi connectivity index (χ0) is 47.8. The monoisotopic (exact) mass is 927 g/mol. The van der Waals surface area contributed by atoms with Gasteiger partial charge in [0, 0.05) is 22.2 Å². The topological polar surface area (TPSA) is 3.24 Å². The summed E-state index contributed by atoms with van der Waals surface area (Å²) in [6.07, 6.45) is 4.87. The molecular formula is C72H49N. The van der Waals surface area contributed by atoms with Crippen LogP contribution >= 0.6 is 0 Å². The lowest BCUT2D eigenvalue weighted by atomic mass is 9.70. The smallest absolute Gasteiger partial charge is 0.0726 e. The van der Waals surface area contributed by atoms with Gasteiger partial charge in [-0.25, -0.2) is 0 Å². The molecule has 0 N–H and O–H groups in total. The molecule has 1 fully saturated rings. The van der Waals surface area contributed by atoms with E-state index in [4.69, 9.17) is 0 Å². The van der Waals surface area contributed by atoms with E-state index < -0.39 is 5.41 Å². The molecule has 0 unspecified atom stereocenters. The molecule has 12 aromatic carbocycles. The van der Waals surface area contributed by atoms with Crippen LogP contribution in [0.5, 0.6) is 0 Å². The highest BCUT2D eigenvalue weighted by Gasteiger charge is 2.52. The van der Waals surface area contributed by atoms with E-state index in [-0.39, 0.29) is 5.41 Å². The van der Waals surface area contributed by atoms with Gasteiger partial charge in [0.25, 0.3) is 0 Å². The Morgan fingerprint density at radius 3 is 1.37 bits per heavy atom. The summed E-state index contributed by atoms with van der Waals surface area (Å²) in [5.74, 6) is 0. The van der Waals surface area contributed by atoms with Crippen molar-refractivity contribution in [1.29, 1.82) is 0 Å². The minimum absolute atomic E-state index is 0.0223. The van der Waals surface area contributed by atoms with Crippen molar-refractivity contribution in [1.82, 2.24) is 0 Å². The number of hydrogen-bond donors (Lipinski definition) is 0. The molecule has 73 heavy (non-hydrogen) atoms. The van der Waals surface area contributed by atoms with Crippen molar-refractivity contribution in [2.45, 2.75) is 36.5 Å². The highest BCUT2D eigenvalue weighted by atomic mass is 15.1. The molecule has 0 atom stereocenters. The number of fused-ring (bicyclic) bond motifs is 21. The van der Waals surface area contributed by atoms with Crippen LogP contribution < -0.4 is 4.90 Å². The van der Waals surface area contributed by atoms with Gasteiger partial charge in [0.1, 0.15) is 0 Å². The third kappa shape index (κ3) is 5.52. The number of benzene rings is 12. The fraction of sp³-hybridized carbons (Fsp3) is 0.0833. The molecule has 0 amide bonds. The summed E-state index contributed by atoms with van der Waals surface area (Å²) in [5, 5.41) is 7.60. The molecule has 1 nitrogen and oxygen atoms in total. The Hall–Kier alpha value is -8.78. The van der Waals surface area contributed by atoms with E-state index >= 15 is 0 Å². The lowest BCUT2D eigenvalue weighted by Crippen LogP contribution is -2.26. The highest BCUT2D eigenvalue weighted by molar-refractivity contribution is 6.26. The van der Waals surface area contributed by atoms with Crippen LogP contribution in [-0.4, -0.2) is 0 Å². The van der Waals surface area contributed by atoms with Crippen LogP contribution in [0.25, 0.3) is 88.0 Å². The van der Waals surface area contributed by atoms with Crippen LogP contribution in [0.15, 0.2) is 249 Å². The zero-order valence-electron chi connectivity index (χ0n) is 40.4. The molecule has 0 bridgehead atoms. The Labute approximate surface area is 426 Å². The summed E-state index contributed by atoms with van der Waals surface area (Å²) in [4.78, 5) is 2.62. The SMILES string of the molecule is c1ccc(-c2ccccc2N(c2ccc3c4ccccc4c4ccccc4c3c2)c2cc3c(cc2-c2ccc4c(c2)C2(CCCC2)c2ccccc2-4)-c2ccccc2C32c3ccccc3-c3ccccc32)cc1. The van der Waals surface area contributed by atoms with E-state index in [1.165, 1.54) is 147 Å². The van der Waals surface area contributed by atoms with E-state index in [1.807, 2.05) is 0 Å². The van der Waals surface area contributed by atoms with Crippen molar-refractivity contribution in [2.75, 3.05) is 4.90 Å². The summed E-state index contributed by atoms with van der Waals surface area (Å²) in [6.45, 7) is 0. The van der Waals surface area contributed by atoms with Gasteiger partial charge in [0.2, 0.25) is 0 Å². The molecule has 4 aliphatic carbocycles. The Morgan fingerprint density at radius 1 is 0.260 bits per heavy atom. The van der Waals surface area contributed by atoms with Crippen molar-refractivity contribution in [2.24, 2.45) is 0 Å². The molecule has 0 heterocycles. The molecule has 16 rings (SSSR count). The van der Waals surface area contributed by atoms with Crippen LogP contribution in [0.1, 0.15) is 59.1 Å². The van der Waals surface area contributed by atoms with Gasteiger partial charge in [0.15, 0.2) is 0 Å². The minimum Gasteiger partial charge on any atom is -0.309 e. The number of nitrogens with zero attached hydrogens (tertiary/aromatic N) is 1. The minimum atomic E-state index is -0.525. The maximum Gasteiger partial charge on any atom is 0.0726 e. The van der Waals surface area contributed by atoms with Gasteiger partial charge in [-0.1, -0.05) is 225 Å².